The number of aromatic nitrogens is 2. The highest BCUT2D eigenvalue weighted by atomic mass is 35.5. The molecule has 1 aromatic carbocycles. The molecule has 0 atom stereocenters. The molecule has 0 fully saturated rings. The minimum absolute atomic E-state index is 0.523. The van der Waals surface area contributed by atoms with Gasteiger partial charge >= 0.3 is 0 Å². The van der Waals surface area contributed by atoms with E-state index in [1.807, 2.05) is 25.1 Å². The van der Waals surface area contributed by atoms with Crippen molar-refractivity contribution in [3.8, 4) is 11.5 Å². The molecule has 90 valence electrons. The molecule has 0 radical (unpaired) electrons. The minimum Gasteiger partial charge on any atom is -0.421 e. The number of alkyl halides is 1. The van der Waals surface area contributed by atoms with Crippen LogP contribution in [0.4, 0.5) is 0 Å². The second-order valence-electron chi connectivity index (χ2n) is 3.76. The van der Waals surface area contributed by atoms with Gasteiger partial charge in [0.1, 0.15) is 0 Å². The van der Waals surface area contributed by atoms with Gasteiger partial charge in [-0.3, -0.25) is 0 Å². The van der Waals surface area contributed by atoms with E-state index in [0.717, 1.165) is 22.6 Å². The number of hydrogen-bond donors (Lipinski definition) is 0. The molecule has 17 heavy (non-hydrogen) atoms. The molecule has 0 aliphatic rings. The summed E-state index contributed by atoms with van der Waals surface area (Å²) in [5, 5.41) is 8.71. The Bertz CT molecular complexity index is 511. The van der Waals surface area contributed by atoms with Gasteiger partial charge < -0.3 is 4.42 Å². The average Bonchev–Trinajstić information content (AvgIpc) is 2.79. The van der Waals surface area contributed by atoms with Gasteiger partial charge in [-0.1, -0.05) is 11.6 Å². The van der Waals surface area contributed by atoms with Crippen molar-refractivity contribution in [2.24, 2.45) is 0 Å². The van der Waals surface area contributed by atoms with Crippen LogP contribution in [0.15, 0.2) is 22.6 Å². The number of nitrogens with zero attached hydrogens (tertiary/aromatic N) is 2. The van der Waals surface area contributed by atoms with Crippen LogP contribution < -0.4 is 0 Å². The van der Waals surface area contributed by atoms with E-state index < -0.39 is 0 Å². The van der Waals surface area contributed by atoms with Crippen molar-refractivity contribution in [1.82, 2.24) is 10.2 Å². The maximum absolute atomic E-state index is 5.96. The van der Waals surface area contributed by atoms with E-state index in [4.69, 9.17) is 27.6 Å². The maximum Gasteiger partial charge on any atom is 0.247 e. The summed E-state index contributed by atoms with van der Waals surface area (Å²) >= 11 is 11.6. The number of aryl methyl sites for hydroxylation is 2. The van der Waals surface area contributed by atoms with E-state index in [0.29, 0.717) is 24.1 Å². The Morgan fingerprint density at radius 3 is 2.82 bits per heavy atom. The topological polar surface area (TPSA) is 38.9 Å². The third-order valence-corrected chi connectivity index (χ3v) is 3.09. The average molecular weight is 271 g/mol. The van der Waals surface area contributed by atoms with E-state index in [2.05, 4.69) is 10.2 Å². The highest BCUT2D eigenvalue weighted by Crippen LogP contribution is 2.23. The summed E-state index contributed by atoms with van der Waals surface area (Å²) in [6, 6.07) is 5.63. The predicted octanol–water partition coefficient (Wildman–Crippen LogP) is 3.87. The second-order valence-corrected chi connectivity index (χ2v) is 4.54. The molecule has 3 nitrogen and oxygen atoms in total. The predicted molar refractivity (Wildman–Crippen MR) is 68.5 cm³/mol. The number of hydrogen-bond acceptors (Lipinski definition) is 3. The first-order chi connectivity index (χ1) is 8.20. The number of benzene rings is 1. The SMILES string of the molecule is Cc1cc(-c2nnc(CCCCl)o2)ccc1Cl. The fourth-order valence-electron chi connectivity index (χ4n) is 1.47. The van der Waals surface area contributed by atoms with Crippen LogP contribution in [0, 0.1) is 6.92 Å². The number of halogens is 2. The first-order valence-electron chi connectivity index (χ1n) is 5.35. The van der Waals surface area contributed by atoms with Gasteiger partial charge in [0.25, 0.3) is 0 Å². The fourth-order valence-corrected chi connectivity index (χ4v) is 1.72. The molecule has 2 aromatic rings. The molecule has 0 aliphatic carbocycles. The Balaban J connectivity index is 2.21. The van der Waals surface area contributed by atoms with Gasteiger partial charge in [-0.25, -0.2) is 0 Å². The minimum atomic E-state index is 0.523. The molecule has 0 bridgehead atoms. The van der Waals surface area contributed by atoms with Gasteiger partial charge in [-0.2, -0.15) is 0 Å². The third-order valence-electron chi connectivity index (χ3n) is 2.40. The molecule has 0 unspecified atom stereocenters. The molecule has 1 aromatic heterocycles. The molecule has 0 spiro atoms. The molecule has 0 saturated carbocycles. The lowest BCUT2D eigenvalue weighted by molar-refractivity contribution is 0.502. The van der Waals surface area contributed by atoms with E-state index >= 15 is 0 Å². The molecule has 0 saturated heterocycles. The summed E-state index contributed by atoms with van der Waals surface area (Å²) in [5.74, 6) is 1.74. The molecule has 2 rings (SSSR count). The zero-order valence-corrected chi connectivity index (χ0v) is 10.9. The van der Waals surface area contributed by atoms with E-state index in [-0.39, 0.29) is 0 Å². The highest BCUT2D eigenvalue weighted by molar-refractivity contribution is 6.31. The van der Waals surface area contributed by atoms with Crippen molar-refractivity contribution in [1.29, 1.82) is 0 Å². The third kappa shape index (κ3) is 2.99. The van der Waals surface area contributed by atoms with E-state index in [9.17, 15) is 0 Å². The lowest BCUT2D eigenvalue weighted by Crippen LogP contribution is -1.85. The van der Waals surface area contributed by atoms with E-state index in [1.165, 1.54) is 0 Å². The lowest BCUT2D eigenvalue weighted by atomic mass is 10.1. The van der Waals surface area contributed by atoms with Crippen LogP contribution >= 0.6 is 23.2 Å². The molecular weight excluding hydrogens is 259 g/mol. The van der Waals surface area contributed by atoms with Crippen LogP contribution in [0.5, 0.6) is 0 Å². The van der Waals surface area contributed by atoms with Crippen LogP contribution in [0.25, 0.3) is 11.5 Å². The second kappa shape index (κ2) is 5.52. The Kier molecular flexibility index (Phi) is 4.02. The summed E-state index contributed by atoms with van der Waals surface area (Å²) in [6.07, 6.45) is 1.55. The standard InChI is InChI=1S/C12H12Cl2N2O/c1-8-7-9(4-5-10(8)14)12-16-15-11(17-12)3-2-6-13/h4-5,7H,2-3,6H2,1H3. The largest absolute Gasteiger partial charge is 0.421 e. The summed E-state index contributed by atoms with van der Waals surface area (Å²) in [4.78, 5) is 0. The molecule has 0 aliphatic heterocycles. The van der Waals surface area contributed by atoms with Crippen molar-refractivity contribution >= 4 is 23.2 Å². The maximum atomic E-state index is 5.96. The lowest BCUT2D eigenvalue weighted by Gasteiger charge is -1.99. The molecule has 0 N–H and O–H groups in total. The van der Waals surface area contributed by atoms with E-state index in [1.54, 1.807) is 0 Å². The zero-order chi connectivity index (χ0) is 12.3. The van der Waals surface area contributed by atoms with Crippen molar-refractivity contribution in [2.45, 2.75) is 19.8 Å². The van der Waals surface area contributed by atoms with Gasteiger partial charge in [0.2, 0.25) is 11.8 Å². The molecule has 0 amide bonds. The normalized spacial score (nSPS) is 10.8. The summed E-state index contributed by atoms with van der Waals surface area (Å²) in [6.45, 7) is 1.94. The number of rotatable bonds is 4. The van der Waals surface area contributed by atoms with Crippen LogP contribution in [0.1, 0.15) is 17.9 Å². The zero-order valence-electron chi connectivity index (χ0n) is 9.41. The molecular formula is C12H12Cl2N2O. The Morgan fingerprint density at radius 1 is 1.29 bits per heavy atom. The smallest absolute Gasteiger partial charge is 0.247 e. The quantitative estimate of drug-likeness (QED) is 0.792. The first kappa shape index (κ1) is 12.4. The van der Waals surface area contributed by atoms with Crippen molar-refractivity contribution in [2.75, 3.05) is 5.88 Å². The summed E-state index contributed by atoms with van der Waals surface area (Å²) in [5.41, 5.74) is 1.88. The van der Waals surface area contributed by atoms with Crippen molar-refractivity contribution < 1.29 is 4.42 Å². The first-order valence-corrected chi connectivity index (χ1v) is 6.27. The van der Waals surface area contributed by atoms with Gasteiger partial charge in [-0.15, -0.1) is 21.8 Å². The Labute approximate surface area is 110 Å². The monoisotopic (exact) mass is 270 g/mol. The van der Waals surface area contributed by atoms with Crippen molar-refractivity contribution in [3.63, 3.8) is 0 Å². The van der Waals surface area contributed by atoms with Crippen LogP contribution in [-0.4, -0.2) is 16.1 Å². The Hall–Kier alpha value is -1.06. The van der Waals surface area contributed by atoms with Crippen LogP contribution in [-0.2, 0) is 6.42 Å². The van der Waals surface area contributed by atoms with Gasteiger partial charge in [0.15, 0.2) is 0 Å². The van der Waals surface area contributed by atoms with Crippen LogP contribution in [0.3, 0.4) is 0 Å². The fraction of sp³-hybridized carbons (Fsp3) is 0.333. The van der Waals surface area contributed by atoms with Gasteiger partial charge in [-0.05, 0) is 37.1 Å². The van der Waals surface area contributed by atoms with Crippen molar-refractivity contribution in [3.05, 3.63) is 34.7 Å². The molecule has 5 heteroatoms. The van der Waals surface area contributed by atoms with Gasteiger partial charge in [0, 0.05) is 22.9 Å². The highest BCUT2D eigenvalue weighted by Gasteiger charge is 2.09. The van der Waals surface area contributed by atoms with Crippen LogP contribution in [0.2, 0.25) is 5.02 Å². The Morgan fingerprint density at radius 2 is 2.12 bits per heavy atom. The summed E-state index contributed by atoms with van der Waals surface area (Å²) < 4.78 is 5.54. The summed E-state index contributed by atoms with van der Waals surface area (Å²) in [7, 11) is 0. The van der Waals surface area contributed by atoms with Gasteiger partial charge in [0.05, 0.1) is 0 Å². The molecule has 1 heterocycles.